The van der Waals surface area contributed by atoms with Crippen LogP contribution in [0.3, 0.4) is 0 Å². The lowest BCUT2D eigenvalue weighted by Gasteiger charge is -2.39. The first-order valence-electron chi connectivity index (χ1n) is 8.09. The van der Waals surface area contributed by atoms with E-state index in [1.54, 1.807) is 0 Å². The van der Waals surface area contributed by atoms with Crippen molar-refractivity contribution in [3.05, 3.63) is 0 Å². The van der Waals surface area contributed by atoms with Crippen molar-refractivity contribution < 1.29 is 0 Å². The van der Waals surface area contributed by atoms with Crippen LogP contribution in [0.1, 0.15) is 60.3 Å². The normalized spacial score (nSPS) is 30.7. The highest BCUT2D eigenvalue weighted by molar-refractivity contribution is 4.86. The standard InChI is InChI=1S/C16H34N2/c1-6-14(5)18(8-3)12-15-11-13(4)9-10-16(15)17-7-2/h13-17H,6-12H2,1-5H3. The smallest absolute Gasteiger partial charge is 0.0108 e. The van der Waals surface area contributed by atoms with Gasteiger partial charge in [0.1, 0.15) is 0 Å². The zero-order valence-electron chi connectivity index (χ0n) is 13.2. The van der Waals surface area contributed by atoms with Crippen molar-refractivity contribution in [2.45, 2.75) is 72.4 Å². The van der Waals surface area contributed by atoms with Gasteiger partial charge < -0.3 is 10.2 Å². The molecule has 1 aliphatic rings. The van der Waals surface area contributed by atoms with Gasteiger partial charge in [-0.2, -0.15) is 0 Å². The van der Waals surface area contributed by atoms with Crippen LogP contribution in [0.15, 0.2) is 0 Å². The summed E-state index contributed by atoms with van der Waals surface area (Å²) in [4.78, 5) is 2.67. The topological polar surface area (TPSA) is 15.3 Å². The molecule has 1 aliphatic carbocycles. The summed E-state index contributed by atoms with van der Waals surface area (Å²) >= 11 is 0. The Kier molecular flexibility index (Phi) is 7.25. The van der Waals surface area contributed by atoms with E-state index in [1.807, 2.05) is 0 Å². The third-order valence-corrected chi connectivity index (χ3v) is 4.80. The Labute approximate surface area is 115 Å². The van der Waals surface area contributed by atoms with E-state index in [-0.39, 0.29) is 0 Å². The second-order valence-electron chi connectivity index (χ2n) is 6.19. The first-order chi connectivity index (χ1) is 8.62. The fraction of sp³-hybridized carbons (Fsp3) is 1.00. The lowest BCUT2D eigenvalue weighted by Crippen LogP contribution is -2.47. The maximum absolute atomic E-state index is 3.71. The van der Waals surface area contributed by atoms with E-state index in [4.69, 9.17) is 0 Å². The van der Waals surface area contributed by atoms with Crippen molar-refractivity contribution in [3.63, 3.8) is 0 Å². The SMILES string of the molecule is CCNC1CCC(C)CC1CN(CC)C(C)CC. The van der Waals surface area contributed by atoms with Gasteiger partial charge in [0.05, 0.1) is 0 Å². The first kappa shape index (κ1) is 16.0. The van der Waals surface area contributed by atoms with Gasteiger partial charge in [0.25, 0.3) is 0 Å². The molecule has 1 fully saturated rings. The van der Waals surface area contributed by atoms with Crippen molar-refractivity contribution >= 4 is 0 Å². The number of hydrogen-bond acceptors (Lipinski definition) is 2. The van der Waals surface area contributed by atoms with E-state index >= 15 is 0 Å². The number of hydrogen-bond donors (Lipinski definition) is 1. The summed E-state index contributed by atoms with van der Waals surface area (Å²) in [5.74, 6) is 1.77. The maximum atomic E-state index is 3.71. The molecule has 0 aromatic heterocycles. The van der Waals surface area contributed by atoms with Crippen molar-refractivity contribution in [1.82, 2.24) is 10.2 Å². The average Bonchev–Trinajstić information content (AvgIpc) is 2.38. The van der Waals surface area contributed by atoms with Crippen LogP contribution in [-0.2, 0) is 0 Å². The molecule has 2 heteroatoms. The van der Waals surface area contributed by atoms with Gasteiger partial charge in [-0.15, -0.1) is 0 Å². The fourth-order valence-electron chi connectivity index (χ4n) is 3.41. The summed E-state index contributed by atoms with van der Waals surface area (Å²) in [7, 11) is 0. The molecule has 1 N–H and O–H groups in total. The minimum Gasteiger partial charge on any atom is -0.314 e. The third kappa shape index (κ3) is 4.55. The molecule has 0 aliphatic heterocycles. The van der Waals surface area contributed by atoms with Crippen molar-refractivity contribution in [2.75, 3.05) is 19.6 Å². The van der Waals surface area contributed by atoms with E-state index in [0.717, 1.165) is 30.5 Å². The molecule has 0 saturated heterocycles. The third-order valence-electron chi connectivity index (χ3n) is 4.80. The second-order valence-corrected chi connectivity index (χ2v) is 6.19. The molecule has 4 atom stereocenters. The summed E-state index contributed by atoms with van der Waals surface area (Å²) in [6.45, 7) is 15.2. The van der Waals surface area contributed by atoms with Crippen LogP contribution in [0.4, 0.5) is 0 Å². The van der Waals surface area contributed by atoms with E-state index in [1.165, 1.54) is 38.8 Å². The highest BCUT2D eigenvalue weighted by Gasteiger charge is 2.29. The van der Waals surface area contributed by atoms with Crippen LogP contribution >= 0.6 is 0 Å². The molecular weight excluding hydrogens is 220 g/mol. The minimum atomic E-state index is 0.731. The molecule has 0 radical (unpaired) electrons. The molecule has 0 heterocycles. The quantitative estimate of drug-likeness (QED) is 0.748. The molecule has 108 valence electrons. The van der Waals surface area contributed by atoms with Crippen molar-refractivity contribution in [3.8, 4) is 0 Å². The lowest BCUT2D eigenvalue weighted by atomic mass is 9.78. The Bertz CT molecular complexity index is 217. The molecule has 18 heavy (non-hydrogen) atoms. The number of nitrogens with one attached hydrogen (secondary N) is 1. The Morgan fingerprint density at radius 1 is 1.22 bits per heavy atom. The zero-order valence-corrected chi connectivity index (χ0v) is 13.2. The Hall–Kier alpha value is -0.0800. The Morgan fingerprint density at radius 2 is 1.94 bits per heavy atom. The second kappa shape index (κ2) is 8.16. The summed E-state index contributed by atoms with van der Waals surface area (Å²) in [5.41, 5.74) is 0. The first-order valence-corrected chi connectivity index (χ1v) is 8.09. The van der Waals surface area contributed by atoms with Crippen molar-refractivity contribution in [1.29, 1.82) is 0 Å². The highest BCUT2D eigenvalue weighted by atomic mass is 15.1. The molecule has 0 amide bonds. The Balaban J connectivity index is 2.58. The van der Waals surface area contributed by atoms with E-state index in [2.05, 4.69) is 44.8 Å². The number of rotatable bonds is 7. The van der Waals surface area contributed by atoms with Gasteiger partial charge in [-0.05, 0) is 57.5 Å². The van der Waals surface area contributed by atoms with Crippen LogP contribution in [0.25, 0.3) is 0 Å². The summed E-state index contributed by atoms with van der Waals surface area (Å²) < 4.78 is 0. The molecule has 1 rings (SSSR count). The van der Waals surface area contributed by atoms with Gasteiger partial charge in [0, 0.05) is 18.6 Å². The van der Waals surface area contributed by atoms with Crippen LogP contribution in [0.2, 0.25) is 0 Å². The van der Waals surface area contributed by atoms with Gasteiger partial charge in [0.15, 0.2) is 0 Å². The van der Waals surface area contributed by atoms with Gasteiger partial charge in [-0.1, -0.05) is 27.7 Å². The van der Waals surface area contributed by atoms with Gasteiger partial charge >= 0.3 is 0 Å². The predicted octanol–water partition coefficient (Wildman–Crippen LogP) is 3.52. The molecule has 2 nitrogen and oxygen atoms in total. The molecule has 4 unspecified atom stereocenters. The van der Waals surface area contributed by atoms with Crippen LogP contribution < -0.4 is 5.32 Å². The minimum absolute atomic E-state index is 0.731. The molecule has 0 spiro atoms. The van der Waals surface area contributed by atoms with Gasteiger partial charge in [0.2, 0.25) is 0 Å². The van der Waals surface area contributed by atoms with Crippen molar-refractivity contribution in [2.24, 2.45) is 11.8 Å². The molecule has 0 aromatic rings. The van der Waals surface area contributed by atoms with Crippen LogP contribution in [0.5, 0.6) is 0 Å². The zero-order chi connectivity index (χ0) is 13.5. The lowest BCUT2D eigenvalue weighted by molar-refractivity contribution is 0.122. The molecule has 0 aromatic carbocycles. The highest BCUT2D eigenvalue weighted by Crippen LogP contribution is 2.30. The predicted molar refractivity (Wildman–Crippen MR) is 81.0 cm³/mol. The summed E-state index contributed by atoms with van der Waals surface area (Å²) in [6, 6.07) is 1.49. The summed E-state index contributed by atoms with van der Waals surface area (Å²) in [5, 5.41) is 3.71. The van der Waals surface area contributed by atoms with E-state index in [9.17, 15) is 0 Å². The molecular formula is C16H34N2. The average molecular weight is 254 g/mol. The van der Waals surface area contributed by atoms with Gasteiger partial charge in [-0.3, -0.25) is 0 Å². The number of nitrogens with zero attached hydrogens (tertiary/aromatic N) is 1. The summed E-state index contributed by atoms with van der Waals surface area (Å²) in [6.07, 6.45) is 5.45. The monoisotopic (exact) mass is 254 g/mol. The van der Waals surface area contributed by atoms with E-state index < -0.39 is 0 Å². The van der Waals surface area contributed by atoms with E-state index in [0.29, 0.717) is 0 Å². The largest absolute Gasteiger partial charge is 0.314 e. The maximum Gasteiger partial charge on any atom is 0.0108 e. The molecule has 0 bridgehead atoms. The van der Waals surface area contributed by atoms with Crippen LogP contribution in [-0.4, -0.2) is 36.6 Å². The fourth-order valence-corrected chi connectivity index (χ4v) is 3.41. The van der Waals surface area contributed by atoms with Gasteiger partial charge in [-0.25, -0.2) is 0 Å². The molecule has 1 saturated carbocycles. The Morgan fingerprint density at radius 3 is 2.50 bits per heavy atom. The van der Waals surface area contributed by atoms with Crippen LogP contribution in [0, 0.1) is 11.8 Å².